The van der Waals surface area contributed by atoms with E-state index in [-0.39, 0.29) is 5.41 Å². The van der Waals surface area contributed by atoms with Crippen molar-refractivity contribution in [2.24, 2.45) is 0 Å². The first kappa shape index (κ1) is 38.5. The molecule has 11 aromatic rings. The van der Waals surface area contributed by atoms with Gasteiger partial charge in [0.25, 0.3) is 0 Å². The molecule has 2 nitrogen and oxygen atoms in total. The van der Waals surface area contributed by atoms with Crippen molar-refractivity contribution in [1.82, 2.24) is 4.57 Å². The van der Waals surface area contributed by atoms with Crippen LogP contribution >= 0.6 is 0 Å². The number of anilines is 3. The SMILES string of the molecule is CC1(C)c2ccccc2-c2cc(-n3c4ccccc4c4cc(-c5cccc(-c6cccc(N(c7ccccc7)c7ccc(-c8cccc(-c9ccccc9)c8)cc7)c6)c5)ccc43)ccc21. The number of nitrogens with zero attached hydrogens (tertiary/aromatic N) is 2. The van der Waals surface area contributed by atoms with Crippen LogP contribution in [0.2, 0.25) is 0 Å². The van der Waals surface area contributed by atoms with E-state index in [0.29, 0.717) is 0 Å². The summed E-state index contributed by atoms with van der Waals surface area (Å²) in [5, 5.41) is 2.50. The van der Waals surface area contributed by atoms with Gasteiger partial charge in [0.1, 0.15) is 0 Å². The third kappa shape index (κ3) is 6.65. The fraction of sp³-hybridized carbons (Fsp3) is 0.0476. The zero-order valence-corrected chi connectivity index (χ0v) is 36.5. The van der Waals surface area contributed by atoms with Crippen molar-refractivity contribution in [1.29, 1.82) is 0 Å². The summed E-state index contributed by atoms with van der Waals surface area (Å²) in [5.74, 6) is 0. The number of aromatic nitrogens is 1. The Kier molecular flexibility index (Phi) is 9.21. The van der Waals surface area contributed by atoms with Crippen LogP contribution in [0.1, 0.15) is 25.0 Å². The molecule has 0 radical (unpaired) electrons. The molecule has 0 aliphatic heterocycles. The second kappa shape index (κ2) is 15.6. The molecule has 308 valence electrons. The number of hydrogen-bond donors (Lipinski definition) is 0. The Hall–Kier alpha value is -8.20. The molecule has 0 N–H and O–H groups in total. The van der Waals surface area contributed by atoms with E-state index in [9.17, 15) is 0 Å². The van der Waals surface area contributed by atoms with E-state index in [2.05, 4.69) is 266 Å². The van der Waals surface area contributed by atoms with Gasteiger partial charge in [-0.3, -0.25) is 0 Å². The molecule has 1 heterocycles. The summed E-state index contributed by atoms with van der Waals surface area (Å²) in [6.45, 7) is 4.69. The van der Waals surface area contributed by atoms with Gasteiger partial charge in [-0.1, -0.05) is 178 Å². The largest absolute Gasteiger partial charge is 0.310 e. The lowest BCUT2D eigenvalue weighted by molar-refractivity contribution is 0.660. The molecule has 0 spiro atoms. The van der Waals surface area contributed by atoms with Gasteiger partial charge in [0, 0.05) is 38.9 Å². The average Bonchev–Trinajstić information content (AvgIpc) is 3.82. The lowest BCUT2D eigenvalue weighted by Crippen LogP contribution is -2.14. The topological polar surface area (TPSA) is 8.17 Å². The van der Waals surface area contributed by atoms with Gasteiger partial charge in [0.15, 0.2) is 0 Å². The summed E-state index contributed by atoms with van der Waals surface area (Å²) in [6.07, 6.45) is 0. The third-order valence-electron chi connectivity index (χ3n) is 13.6. The Morgan fingerprint density at radius 3 is 1.54 bits per heavy atom. The van der Waals surface area contributed by atoms with E-state index >= 15 is 0 Å². The smallest absolute Gasteiger partial charge is 0.0541 e. The van der Waals surface area contributed by atoms with Crippen molar-refractivity contribution in [2.75, 3.05) is 4.90 Å². The van der Waals surface area contributed by atoms with Crippen LogP contribution in [-0.2, 0) is 5.41 Å². The summed E-state index contributed by atoms with van der Waals surface area (Å²) in [6, 6.07) is 88.7. The second-order valence-electron chi connectivity index (χ2n) is 17.8. The monoisotopic (exact) mass is 830 g/mol. The van der Waals surface area contributed by atoms with Crippen LogP contribution in [0.4, 0.5) is 17.1 Å². The van der Waals surface area contributed by atoms with Crippen molar-refractivity contribution in [3.63, 3.8) is 0 Å². The van der Waals surface area contributed by atoms with Gasteiger partial charge in [-0.25, -0.2) is 0 Å². The molecule has 0 unspecified atom stereocenters. The molecule has 65 heavy (non-hydrogen) atoms. The van der Waals surface area contributed by atoms with Gasteiger partial charge in [0.2, 0.25) is 0 Å². The maximum Gasteiger partial charge on any atom is 0.0541 e. The van der Waals surface area contributed by atoms with Crippen LogP contribution < -0.4 is 4.90 Å². The summed E-state index contributed by atoms with van der Waals surface area (Å²) in [4.78, 5) is 2.35. The molecule has 0 saturated carbocycles. The number of rotatable bonds is 8. The van der Waals surface area contributed by atoms with Crippen LogP contribution in [-0.4, -0.2) is 4.57 Å². The molecule has 12 rings (SSSR count). The second-order valence-corrected chi connectivity index (χ2v) is 17.8. The quantitative estimate of drug-likeness (QED) is 0.148. The first-order valence-corrected chi connectivity index (χ1v) is 22.6. The van der Waals surface area contributed by atoms with Crippen molar-refractivity contribution < 1.29 is 0 Å². The first-order valence-electron chi connectivity index (χ1n) is 22.6. The minimum atomic E-state index is -0.0267. The minimum Gasteiger partial charge on any atom is -0.310 e. The zero-order chi connectivity index (χ0) is 43.5. The Labute approximate surface area is 381 Å². The Morgan fingerprint density at radius 1 is 0.308 bits per heavy atom. The van der Waals surface area contributed by atoms with Gasteiger partial charge >= 0.3 is 0 Å². The van der Waals surface area contributed by atoms with Crippen molar-refractivity contribution >= 4 is 38.9 Å². The van der Waals surface area contributed by atoms with Gasteiger partial charge in [-0.2, -0.15) is 0 Å². The highest BCUT2D eigenvalue weighted by Crippen LogP contribution is 2.49. The normalized spacial score (nSPS) is 12.6. The van der Waals surface area contributed by atoms with Gasteiger partial charge < -0.3 is 9.47 Å². The molecule has 0 saturated heterocycles. The van der Waals surface area contributed by atoms with Gasteiger partial charge in [-0.15, -0.1) is 0 Å². The summed E-state index contributed by atoms with van der Waals surface area (Å²) >= 11 is 0. The van der Waals surface area contributed by atoms with E-state index in [1.54, 1.807) is 0 Å². The third-order valence-corrected chi connectivity index (χ3v) is 13.6. The molecule has 0 atom stereocenters. The predicted octanol–water partition coefficient (Wildman–Crippen LogP) is 17.2. The molecule has 1 aliphatic carbocycles. The Morgan fingerprint density at radius 2 is 0.800 bits per heavy atom. The molecule has 2 heteroatoms. The van der Waals surface area contributed by atoms with Crippen molar-refractivity contribution in [3.05, 3.63) is 254 Å². The highest BCUT2D eigenvalue weighted by Gasteiger charge is 2.35. The molecule has 1 aliphatic rings. The van der Waals surface area contributed by atoms with Crippen LogP contribution in [0.25, 0.3) is 83.1 Å². The van der Waals surface area contributed by atoms with Crippen molar-refractivity contribution in [2.45, 2.75) is 19.3 Å². The molecular weight excluding hydrogens is 785 g/mol. The summed E-state index contributed by atoms with van der Waals surface area (Å²) in [5.41, 5.74) is 21.9. The standard InChI is InChI=1S/C63H46N2/c1-63(2)59-28-11-9-26-55(59)57-42-54(35-36-60(57)63)65-61-29-12-10-27-56(61)58-41-50(32-37-62(58)65)48-21-14-20-47(39-48)49-22-15-25-53(40-49)64(51-23-7-4-8-24-51)52-33-30-44(31-34-52)46-19-13-18-45(38-46)43-16-5-3-6-17-43/h3-42H,1-2H3. The Bertz CT molecular complexity index is 3560. The fourth-order valence-corrected chi connectivity index (χ4v) is 10.3. The summed E-state index contributed by atoms with van der Waals surface area (Å²) in [7, 11) is 0. The Balaban J connectivity index is 0.889. The van der Waals surface area contributed by atoms with Crippen LogP contribution in [0, 0.1) is 0 Å². The van der Waals surface area contributed by atoms with Crippen LogP contribution in [0.15, 0.2) is 243 Å². The molecule has 0 fully saturated rings. The van der Waals surface area contributed by atoms with E-state index < -0.39 is 0 Å². The number of fused-ring (bicyclic) bond motifs is 6. The molecule has 0 bridgehead atoms. The number of benzene rings is 10. The lowest BCUT2D eigenvalue weighted by atomic mass is 9.82. The van der Waals surface area contributed by atoms with Crippen LogP contribution in [0.5, 0.6) is 0 Å². The average molecular weight is 831 g/mol. The van der Waals surface area contributed by atoms with E-state index in [4.69, 9.17) is 0 Å². The van der Waals surface area contributed by atoms with Gasteiger partial charge in [0.05, 0.1) is 11.0 Å². The summed E-state index contributed by atoms with van der Waals surface area (Å²) < 4.78 is 2.44. The molecule has 1 aromatic heterocycles. The van der Waals surface area contributed by atoms with E-state index in [1.165, 1.54) is 94.3 Å². The highest BCUT2D eigenvalue weighted by molar-refractivity contribution is 6.10. The van der Waals surface area contributed by atoms with E-state index in [0.717, 1.165) is 17.1 Å². The predicted molar refractivity (Wildman–Crippen MR) is 275 cm³/mol. The first-order chi connectivity index (χ1) is 32.0. The fourth-order valence-electron chi connectivity index (χ4n) is 10.3. The maximum absolute atomic E-state index is 2.44. The molecule has 10 aromatic carbocycles. The number of hydrogen-bond acceptors (Lipinski definition) is 1. The molecule has 0 amide bonds. The highest BCUT2D eigenvalue weighted by atomic mass is 15.1. The van der Waals surface area contributed by atoms with Gasteiger partial charge in [-0.05, 0) is 146 Å². The zero-order valence-electron chi connectivity index (χ0n) is 36.5. The van der Waals surface area contributed by atoms with E-state index in [1.807, 2.05) is 0 Å². The lowest BCUT2D eigenvalue weighted by Gasteiger charge is -2.26. The molecular formula is C63H46N2. The maximum atomic E-state index is 2.44. The van der Waals surface area contributed by atoms with Crippen molar-refractivity contribution in [3.8, 4) is 61.3 Å². The minimum absolute atomic E-state index is 0.0267. The van der Waals surface area contributed by atoms with Crippen LogP contribution in [0.3, 0.4) is 0 Å². The number of para-hydroxylation sites is 2.